The van der Waals surface area contributed by atoms with Crippen molar-refractivity contribution in [3.8, 4) is 0 Å². The molecular weight excluding hydrogens is 324 g/mol. The third-order valence-electron chi connectivity index (χ3n) is 3.20. The molecule has 0 unspecified atom stereocenters. The van der Waals surface area contributed by atoms with E-state index in [-0.39, 0.29) is 30.1 Å². The van der Waals surface area contributed by atoms with Crippen molar-refractivity contribution in [1.29, 1.82) is 0 Å². The zero-order valence-electron chi connectivity index (χ0n) is 13.2. The van der Waals surface area contributed by atoms with Crippen molar-refractivity contribution in [2.45, 2.75) is 6.42 Å². The Labute approximate surface area is 143 Å². The number of hydrazone groups is 1. The summed E-state index contributed by atoms with van der Waals surface area (Å²) in [6.45, 7) is 0.153. The number of rotatable bonds is 7. The summed E-state index contributed by atoms with van der Waals surface area (Å²) in [5, 5.41) is 17.2. The SMILES string of the molecule is O=C(CCNC(=O)c1ccccc1)N/N=C/c1ccccc1[N+](=O)[O-]. The summed E-state index contributed by atoms with van der Waals surface area (Å²) in [6.07, 6.45) is 1.24. The summed E-state index contributed by atoms with van der Waals surface area (Å²) in [5.74, 6) is -0.681. The highest BCUT2D eigenvalue weighted by atomic mass is 16.6. The van der Waals surface area contributed by atoms with Gasteiger partial charge in [-0.05, 0) is 18.2 Å². The Kier molecular flexibility index (Phi) is 6.35. The zero-order chi connectivity index (χ0) is 18.1. The Hall–Kier alpha value is -3.55. The second kappa shape index (κ2) is 8.92. The van der Waals surface area contributed by atoms with Gasteiger partial charge in [0.05, 0.1) is 16.7 Å². The van der Waals surface area contributed by atoms with Gasteiger partial charge in [0.15, 0.2) is 0 Å². The van der Waals surface area contributed by atoms with Crippen LogP contribution in [0.2, 0.25) is 0 Å². The average Bonchev–Trinajstić information content (AvgIpc) is 2.62. The Morgan fingerprint density at radius 3 is 2.48 bits per heavy atom. The van der Waals surface area contributed by atoms with Crippen LogP contribution in [0.15, 0.2) is 59.7 Å². The molecule has 2 amide bonds. The Morgan fingerprint density at radius 2 is 1.76 bits per heavy atom. The fourth-order valence-corrected chi connectivity index (χ4v) is 1.97. The van der Waals surface area contributed by atoms with Gasteiger partial charge in [0, 0.05) is 24.6 Å². The fourth-order valence-electron chi connectivity index (χ4n) is 1.97. The van der Waals surface area contributed by atoms with E-state index in [1.54, 1.807) is 42.5 Å². The van der Waals surface area contributed by atoms with Gasteiger partial charge in [0.2, 0.25) is 5.91 Å². The molecule has 2 aromatic rings. The lowest BCUT2D eigenvalue weighted by Crippen LogP contribution is -2.28. The van der Waals surface area contributed by atoms with Crippen molar-refractivity contribution in [3.05, 3.63) is 75.8 Å². The molecule has 8 heteroatoms. The van der Waals surface area contributed by atoms with E-state index in [1.807, 2.05) is 0 Å². The molecule has 8 nitrogen and oxygen atoms in total. The normalized spacial score (nSPS) is 10.4. The standard InChI is InChI=1S/C17H16N4O4/c22-16(10-11-18-17(23)13-6-2-1-3-7-13)20-19-12-14-8-4-5-9-15(14)21(24)25/h1-9,12H,10-11H2,(H,18,23)(H,20,22)/b19-12+. The first kappa shape index (κ1) is 17.8. The molecule has 0 saturated heterocycles. The highest BCUT2D eigenvalue weighted by Gasteiger charge is 2.10. The number of hydrogen-bond acceptors (Lipinski definition) is 5. The lowest BCUT2D eigenvalue weighted by Gasteiger charge is -2.04. The first-order valence-electron chi connectivity index (χ1n) is 7.46. The highest BCUT2D eigenvalue weighted by Crippen LogP contribution is 2.14. The maximum atomic E-state index is 11.8. The average molecular weight is 340 g/mol. The number of nitrogens with zero attached hydrogens (tertiary/aromatic N) is 2. The van der Waals surface area contributed by atoms with Crippen LogP contribution in [-0.4, -0.2) is 29.5 Å². The van der Waals surface area contributed by atoms with Crippen LogP contribution in [0.5, 0.6) is 0 Å². The number of carbonyl (C=O) groups excluding carboxylic acids is 2. The molecule has 0 aliphatic rings. The summed E-state index contributed by atoms with van der Waals surface area (Å²) in [7, 11) is 0. The lowest BCUT2D eigenvalue weighted by molar-refractivity contribution is -0.385. The van der Waals surface area contributed by atoms with Crippen LogP contribution >= 0.6 is 0 Å². The number of hydrogen-bond donors (Lipinski definition) is 2. The van der Waals surface area contributed by atoms with Crippen LogP contribution in [0.25, 0.3) is 0 Å². The number of nitrogens with one attached hydrogen (secondary N) is 2. The molecule has 2 rings (SSSR count). The van der Waals surface area contributed by atoms with Gasteiger partial charge in [-0.3, -0.25) is 19.7 Å². The monoisotopic (exact) mass is 340 g/mol. The summed E-state index contributed by atoms with van der Waals surface area (Å²) in [4.78, 5) is 33.8. The van der Waals surface area contributed by atoms with Crippen molar-refractivity contribution in [1.82, 2.24) is 10.7 Å². The number of nitro benzene ring substituents is 1. The molecule has 0 aliphatic heterocycles. The Bertz CT molecular complexity index is 790. The summed E-state index contributed by atoms with van der Waals surface area (Å²) >= 11 is 0. The van der Waals surface area contributed by atoms with E-state index in [2.05, 4.69) is 15.8 Å². The van der Waals surface area contributed by atoms with E-state index in [4.69, 9.17) is 0 Å². The number of para-hydroxylation sites is 1. The highest BCUT2D eigenvalue weighted by molar-refractivity contribution is 5.94. The molecule has 0 aliphatic carbocycles. The van der Waals surface area contributed by atoms with Crippen LogP contribution < -0.4 is 10.7 Å². The zero-order valence-corrected chi connectivity index (χ0v) is 13.2. The van der Waals surface area contributed by atoms with E-state index >= 15 is 0 Å². The maximum absolute atomic E-state index is 11.8. The molecule has 128 valence electrons. The van der Waals surface area contributed by atoms with Gasteiger partial charge in [-0.25, -0.2) is 5.43 Å². The number of benzene rings is 2. The molecule has 0 spiro atoms. The number of amides is 2. The van der Waals surface area contributed by atoms with Crippen LogP contribution in [0.4, 0.5) is 5.69 Å². The van der Waals surface area contributed by atoms with E-state index in [0.717, 1.165) is 0 Å². The molecule has 25 heavy (non-hydrogen) atoms. The minimum absolute atomic E-state index is 0.0345. The smallest absolute Gasteiger partial charge is 0.278 e. The maximum Gasteiger partial charge on any atom is 0.278 e. The summed E-state index contributed by atoms with van der Waals surface area (Å²) < 4.78 is 0. The quantitative estimate of drug-likeness (QED) is 0.455. The molecule has 0 radical (unpaired) electrons. The Morgan fingerprint density at radius 1 is 1.08 bits per heavy atom. The van der Waals surface area contributed by atoms with Gasteiger partial charge < -0.3 is 5.32 Å². The molecule has 0 atom stereocenters. The van der Waals surface area contributed by atoms with Crippen LogP contribution in [0.1, 0.15) is 22.3 Å². The van der Waals surface area contributed by atoms with Crippen molar-refractivity contribution in [3.63, 3.8) is 0 Å². The predicted molar refractivity (Wildman–Crippen MR) is 92.2 cm³/mol. The van der Waals surface area contributed by atoms with Crippen LogP contribution in [-0.2, 0) is 4.79 Å². The lowest BCUT2D eigenvalue weighted by atomic mass is 10.2. The third kappa shape index (κ3) is 5.54. The second-order valence-corrected chi connectivity index (χ2v) is 4.98. The first-order valence-corrected chi connectivity index (χ1v) is 7.46. The molecular formula is C17H16N4O4. The third-order valence-corrected chi connectivity index (χ3v) is 3.20. The molecule has 0 saturated carbocycles. The van der Waals surface area contributed by atoms with E-state index in [1.165, 1.54) is 18.3 Å². The largest absolute Gasteiger partial charge is 0.352 e. The van der Waals surface area contributed by atoms with Crippen molar-refractivity contribution < 1.29 is 14.5 Å². The van der Waals surface area contributed by atoms with Crippen LogP contribution in [0, 0.1) is 10.1 Å². The van der Waals surface area contributed by atoms with Crippen LogP contribution in [0.3, 0.4) is 0 Å². The molecule has 0 fully saturated rings. The molecule has 2 aromatic carbocycles. The van der Waals surface area contributed by atoms with Gasteiger partial charge in [-0.1, -0.05) is 30.3 Å². The van der Waals surface area contributed by atoms with Gasteiger partial charge >= 0.3 is 0 Å². The second-order valence-electron chi connectivity index (χ2n) is 4.98. The van der Waals surface area contributed by atoms with Crippen molar-refractivity contribution in [2.75, 3.05) is 6.54 Å². The predicted octanol–water partition coefficient (Wildman–Crippen LogP) is 1.86. The van der Waals surface area contributed by atoms with E-state index in [9.17, 15) is 19.7 Å². The van der Waals surface area contributed by atoms with E-state index < -0.39 is 10.8 Å². The van der Waals surface area contributed by atoms with Crippen molar-refractivity contribution >= 4 is 23.7 Å². The van der Waals surface area contributed by atoms with Gasteiger partial charge in [0.1, 0.15) is 0 Å². The number of nitro groups is 1. The van der Waals surface area contributed by atoms with Gasteiger partial charge in [-0.2, -0.15) is 5.10 Å². The molecule has 0 aromatic heterocycles. The van der Waals surface area contributed by atoms with E-state index in [0.29, 0.717) is 5.56 Å². The summed E-state index contributed by atoms with van der Waals surface area (Å²) in [5.41, 5.74) is 2.96. The minimum atomic E-state index is -0.526. The van der Waals surface area contributed by atoms with Gasteiger partial charge in [0.25, 0.3) is 11.6 Å². The molecule has 2 N–H and O–H groups in total. The first-order chi connectivity index (χ1) is 12.1. The fraction of sp³-hybridized carbons (Fsp3) is 0.118. The summed E-state index contributed by atoms with van der Waals surface area (Å²) in [6, 6.07) is 14.7. The van der Waals surface area contributed by atoms with Crippen molar-refractivity contribution in [2.24, 2.45) is 5.10 Å². The molecule has 0 heterocycles. The molecule has 0 bridgehead atoms. The Balaban J connectivity index is 1.78. The minimum Gasteiger partial charge on any atom is -0.352 e. The van der Waals surface area contributed by atoms with Gasteiger partial charge in [-0.15, -0.1) is 0 Å². The topological polar surface area (TPSA) is 114 Å². The number of carbonyl (C=O) groups is 2.